The lowest BCUT2D eigenvalue weighted by Crippen LogP contribution is -1.99. The molecule has 0 aliphatic rings. The summed E-state index contributed by atoms with van der Waals surface area (Å²) in [5.74, 6) is 6.74. The van der Waals surface area contributed by atoms with Gasteiger partial charge in [-0.2, -0.15) is 10.2 Å². The summed E-state index contributed by atoms with van der Waals surface area (Å²) >= 11 is 0. The highest BCUT2D eigenvalue weighted by atomic mass is 15.1. The molecule has 0 radical (unpaired) electrons. The van der Waals surface area contributed by atoms with Crippen LogP contribution < -0.4 is 0 Å². The van der Waals surface area contributed by atoms with Crippen LogP contribution in [0.5, 0.6) is 0 Å². The Bertz CT molecular complexity index is 1370. The molecule has 9 nitrogen and oxygen atoms in total. The van der Waals surface area contributed by atoms with Gasteiger partial charge in [-0.05, 0) is 82.2 Å². The second-order valence-corrected chi connectivity index (χ2v) is 18.6. The molecule has 0 atom stereocenters. The van der Waals surface area contributed by atoms with Crippen LogP contribution in [0.3, 0.4) is 0 Å². The Kier molecular flexibility index (Phi) is 24.4. The molecule has 0 amide bonds. The fourth-order valence-electron chi connectivity index (χ4n) is 4.90. The van der Waals surface area contributed by atoms with Crippen molar-refractivity contribution in [3.05, 3.63) is 124 Å². The lowest BCUT2D eigenvalue weighted by molar-refractivity contribution is 0.733. The van der Waals surface area contributed by atoms with E-state index in [0.717, 1.165) is 34.4 Å². The maximum atomic E-state index is 4.40. The van der Waals surface area contributed by atoms with Gasteiger partial charge in [0.15, 0.2) is 0 Å². The van der Waals surface area contributed by atoms with E-state index >= 15 is 0 Å². The first-order valence-corrected chi connectivity index (χ1v) is 22.3. The summed E-state index contributed by atoms with van der Waals surface area (Å²) in [6.07, 6.45) is 13.4. The van der Waals surface area contributed by atoms with Gasteiger partial charge in [0.25, 0.3) is 0 Å². The van der Waals surface area contributed by atoms with Crippen molar-refractivity contribution in [3.8, 4) is 0 Å². The molecule has 5 aromatic heterocycles. The SMILES string of the molecule is CC(C)c1ccc(C(C)C)nc1.CC(C)c1ccc(C(C)C)nn1.CC(C)c1cnc(C(C)C)cn1.CC(C)c1cnc(C(C)C)nc1.CC(C)c1cnc(C(C)C)nc1. The Hall–Kier alpha value is -4.53. The monoisotopic (exact) mass is 820 g/mol. The van der Waals surface area contributed by atoms with Gasteiger partial charge in [0.2, 0.25) is 0 Å². The molecule has 0 N–H and O–H groups in total. The van der Waals surface area contributed by atoms with Crippen molar-refractivity contribution in [2.75, 3.05) is 0 Å². The molecule has 0 saturated heterocycles. The molecule has 0 saturated carbocycles. The lowest BCUT2D eigenvalue weighted by atomic mass is 10.0. The maximum absolute atomic E-state index is 4.40. The van der Waals surface area contributed by atoms with Crippen molar-refractivity contribution in [1.29, 1.82) is 0 Å². The highest BCUT2D eigenvalue weighted by Crippen LogP contribution is 2.18. The summed E-state index contributed by atoms with van der Waals surface area (Å²) in [7, 11) is 0. The van der Waals surface area contributed by atoms with Crippen molar-refractivity contribution in [1.82, 2.24) is 45.1 Å². The maximum Gasteiger partial charge on any atom is 0.130 e. The molecular formula is C51H81N9. The van der Waals surface area contributed by atoms with E-state index in [0.29, 0.717) is 59.2 Å². The van der Waals surface area contributed by atoms with Crippen LogP contribution in [0.1, 0.15) is 254 Å². The quantitative estimate of drug-likeness (QED) is 0.136. The first-order valence-electron chi connectivity index (χ1n) is 22.3. The van der Waals surface area contributed by atoms with Crippen molar-refractivity contribution in [3.63, 3.8) is 0 Å². The number of hydrogen-bond donors (Lipinski definition) is 0. The van der Waals surface area contributed by atoms with Gasteiger partial charge in [-0.15, -0.1) is 0 Å². The molecule has 60 heavy (non-hydrogen) atoms. The summed E-state index contributed by atoms with van der Waals surface area (Å²) in [6, 6.07) is 8.42. The van der Waals surface area contributed by atoms with Crippen LogP contribution in [0.25, 0.3) is 0 Å². The molecule has 0 aliphatic heterocycles. The first-order chi connectivity index (χ1) is 28.0. The van der Waals surface area contributed by atoms with Gasteiger partial charge in [-0.3, -0.25) is 15.0 Å². The minimum absolute atomic E-state index is 0.422. The molecule has 0 aromatic carbocycles. The fraction of sp³-hybridized carbons (Fsp3) is 0.588. The fourth-order valence-corrected chi connectivity index (χ4v) is 4.90. The summed E-state index contributed by atoms with van der Waals surface area (Å²) < 4.78 is 0. The molecule has 0 aliphatic carbocycles. The van der Waals surface area contributed by atoms with Crippen molar-refractivity contribution >= 4 is 0 Å². The van der Waals surface area contributed by atoms with E-state index in [9.17, 15) is 0 Å². The topological polar surface area (TPSA) is 116 Å². The van der Waals surface area contributed by atoms with Crippen molar-refractivity contribution in [2.24, 2.45) is 0 Å². The molecule has 0 bridgehead atoms. The average Bonchev–Trinajstić information content (AvgIpc) is 3.21. The Morgan fingerprint density at radius 2 is 0.500 bits per heavy atom. The third-order valence-electron chi connectivity index (χ3n) is 9.58. The molecule has 330 valence electrons. The number of nitrogens with zero attached hydrogens (tertiary/aromatic N) is 9. The van der Waals surface area contributed by atoms with E-state index in [2.05, 4.69) is 208 Å². The molecule has 5 heterocycles. The largest absolute Gasteiger partial charge is 0.261 e. The van der Waals surface area contributed by atoms with Crippen LogP contribution in [-0.2, 0) is 0 Å². The Labute approximate surface area is 366 Å². The van der Waals surface area contributed by atoms with Crippen LogP contribution in [0.15, 0.2) is 67.6 Å². The standard InChI is InChI=1S/C11H17N.4C10H16N2/c1-8(2)10-5-6-11(9(3)4)12-7-10;1-7(2)9-5-12-10(6-11-9)8(3)4;2*1-7(2)9-5-11-10(8(3)4)12-6-9;1-7(2)9-5-6-10(8(3)4)12-11-9/h5-9H,1-4H3;4*5-8H,1-4H3. The van der Waals surface area contributed by atoms with Crippen LogP contribution in [0.2, 0.25) is 0 Å². The molecule has 9 heteroatoms. The van der Waals surface area contributed by atoms with Crippen LogP contribution in [0, 0.1) is 0 Å². The zero-order chi connectivity index (χ0) is 45.7. The van der Waals surface area contributed by atoms with Gasteiger partial charge in [0.1, 0.15) is 11.6 Å². The molecule has 5 rings (SSSR count). The van der Waals surface area contributed by atoms with Crippen LogP contribution in [-0.4, -0.2) is 45.1 Å². The smallest absolute Gasteiger partial charge is 0.130 e. The molecule has 0 unspecified atom stereocenters. The number of hydrogen-bond acceptors (Lipinski definition) is 9. The third kappa shape index (κ3) is 20.2. The first kappa shape index (κ1) is 53.5. The van der Waals surface area contributed by atoms with Gasteiger partial charge in [-0.25, -0.2) is 19.9 Å². The van der Waals surface area contributed by atoms with Gasteiger partial charge in [-0.1, -0.05) is 145 Å². The van der Waals surface area contributed by atoms with E-state index in [1.54, 1.807) is 0 Å². The molecule has 5 aromatic rings. The average molecular weight is 820 g/mol. The van der Waals surface area contributed by atoms with E-state index in [1.807, 2.05) is 43.4 Å². The van der Waals surface area contributed by atoms with Crippen LogP contribution >= 0.6 is 0 Å². The van der Waals surface area contributed by atoms with E-state index in [-0.39, 0.29) is 0 Å². The predicted octanol–water partition coefficient (Wildman–Crippen LogP) is 14.2. The summed E-state index contributed by atoms with van der Waals surface area (Å²) in [5, 5.41) is 8.30. The third-order valence-corrected chi connectivity index (χ3v) is 9.58. The Morgan fingerprint density at radius 1 is 0.233 bits per heavy atom. The highest BCUT2D eigenvalue weighted by molar-refractivity contribution is 5.19. The number of rotatable bonds is 10. The zero-order valence-corrected chi connectivity index (χ0v) is 41.1. The van der Waals surface area contributed by atoms with Gasteiger partial charge < -0.3 is 0 Å². The minimum Gasteiger partial charge on any atom is -0.261 e. The normalized spacial score (nSPS) is 11.2. The summed E-state index contributed by atoms with van der Waals surface area (Å²) in [4.78, 5) is 30.2. The van der Waals surface area contributed by atoms with E-state index < -0.39 is 0 Å². The number of pyridine rings is 1. The second kappa shape index (κ2) is 27.3. The second-order valence-electron chi connectivity index (χ2n) is 18.6. The zero-order valence-electron chi connectivity index (χ0n) is 41.1. The highest BCUT2D eigenvalue weighted by Gasteiger charge is 2.07. The lowest BCUT2D eigenvalue weighted by Gasteiger charge is -2.07. The molecule has 0 spiro atoms. The van der Waals surface area contributed by atoms with Crippen molar-refractivity contribution < 1.29 is 0 Å². The van der Waals surface area contributed by atoms with Gasteiger partial charge in [0.05, 0.1) is 22.8 Å². The van der Waals surface area contributed by atoms with Gasteiger partial charge >= 0.3 is 0 Å². The molecule has 0 fully saturated rings. The molecular weight excluding hydrogens is 739 g/mol. The summed E-state index contributed by atoms with van der Waals surface area (Å²) in [6.45, 7) is 42.7. The minimum atomic E-state index is 0.422. The van der Waals surface area contributed by atoms with E-state index in [1.165, 1.54) is 22.4 Å². The van der Waals surface area contributed by atoms with Crippen LogP contribution in [0.4, 0.5) is 0 Å². The van der Waals surface area contributed by atoms with Gasteiger partial charge in [0, 0.05) is 60.9 Å². The number of aromatic nitrogens is 9. The predicted molar refractivity (Wildman–Crippen MR) is 253 cm³/mol. The van der Waals surface area contributed by atoms with Crippen molar-refractivity contribution in [2.45, 2.75) is 198 Å². The Morgan fingerprint density at radius 3 is 0.700 bits per heavy atom. The Balaban J connectivity index is 0.000000375. The summed E-state index contributed by atoms with van der Waals surface area (Å²) in [5.41, 5.74) is 9.19. The van der Waals surface area contributed by atoms with E-state index in [4.69, 9.17) is 0 Å².